The molecule has 1 unspecified atom stereocenters. The Hall–Kier alpha value is -8.04. The number of benzene rings is 8. The third-order valence-corrected chi connectivity index (χ3v) is 14.6. The van der Waals surface area contributed by atoms with Gasteiger partial charge in [0.05, 0.1) is 36.6 Å². The van der Waals surface area contributed by atoms with Crippen molar-refractivity contribution in [3.8, 4) is 0 Å². The van der Waals surface area contributed by atoms with Crippen LogP contribution in [0.3, 0.4) is 0 Å². The van der Waals surface area contributed by atoms with E-state index in [2.05, 4.69) is 145 Å². The van der Waals surface area contributed by atoms with Gasteiger partial charge in [-0.15, -0.1) is 0 Å². The molecule has 0 amide bonds. The Kier molecular flexibility index (Phi) is 19.2. The van der Waals surface area contributed by atoms with E-state index >= 15 is 0 Å². The van der Waals surface area contributed by atoms with Crippen molar-refractivity contribution in [2.75, 3.05) is 0 Å². The van der Waals surface area contributed by atoms with Gasteiger partial charge in [0.15, 0.2) is 0 Å². The van der Waals surface area contributed by atoms with Gasteiger partial charge in [-0.05, 0) is 112 Å². The summed E-state index contributed by atoms with van der Waals surface area (Å²) in [6.07, 6.45) is 14.6. The van der Waals surface area contributed by atoms with Gasteiger partial charge in [0.25, 0.3) is 0 Å². The summed E-state index contributed by atoms with van der Waals surface area (Å²) in [6, 6.07) is 75.3. The first-order valence-electron chi connectivity index (χ1n) is 26.1. The lowest BCUT2D eigenvalue weighted by Crippen LogP contribution is -2.28. The number of imidazole rings is 3. The average molecular weight is 1080 g/mol. The van der Waals surface area contributed by atoms with Gasteiger partial charge in [-0.1, -0.05) is 229 Å². The number of aromatic nitrogens is 6. The van der Waals surface area contributed by atoms with Crippen LogP contribution in [0.5, 0.6) is 0 Å². The minimum Gasteiger partial charge on any atom is -0.380 e. The molecule has 390 valence electrons. The second-order valence-electron chi connectivity index (χ2n) is 19.2. The number of allylic oxidation sites excluding steroid dienone is 1. The fraction of sp³-hybridized carbons (Fsp3) is 0.132. The van der Waals surface area contributed by atoms with Gasteiger partial charge < -0.3 is 19.2 Å². The number of nitrogens with zero attached hydrogens (tertiary/aromatic N) is 5. The third kappa shape index (κ3) is 14.9. The average Bonchev–Trinajstić information content (AvgIpc) is 4.35. The van der Waals surface area contributed by atoms with E-state index in [9.17, 15) is 5.11 Å². The lowest BCUT2D eigenvalue weighted by molar-refractivity contribution is 0.0711. The molecular weight excluding hydrogens is 1020 g/mol. The number of aryl methyl sites for hydroxylation is 2. The zero-order valence-electron chi connectivity index (χ0n) is 43.2. The quantitative estimate of drug-likeness (QED) is 0.0897. The highest BCUT2D eigenvalue weighted by Gasteiger charge is 2.31. The van der Waals surface area contributed by atoms with E-state index in [-0.39, 0.29) is 5.92 Å². The van der Waals surface area contributed by atoms with Crippen LogP contribution in [0, 0.1) is 0 Å². The Balaban J connectivity index is 0.000000144. The Morgan fingerprint density at radius 3 is 1.54 bits per heavy atom. The summed E-state index contributed by atoms with van der Waals surface area (Å²) in [7, 11) is 0. The molecule has 10 heteroatoms. The first-order valence-corrected chi connectivity index (χ1v) is 27.2. The minimum absolute atomic E-state index is 0.0317. The molecule has 7 nitrogen and oxygen atoms in total. The predicted octanol–water partition coefficient (Wildman–Crippen LogP) is 16.7. The molecule has 78 heavy (non-hydrogen) atoms. The van der Waals surface area contributed by atoms with Gasteiger partial charge >= 0.3 is 0 Å². The number of aliphatic hydroxyl groups is 1. The highest BCUT2D eigenvalue weighted by atomic mass is 35.5. The van der Waals surface area contributed by atoms with Crippen LogP contribution in [-0.2, 0) is 31.5 Å². The summed E-state index contributed by atoms with van der Waals surface area (Å²) in [5.41, 5.74) is 12.3. The Labute approximate surface area is 473 Å². The molecule has 8 aromatic carbocycles. The lowest BCUT2D eigenvalue weighted by Gasteiger charge is -2.29. The second kappa shape index (κ2) is 27.3. The molecule has 11 aromatic rings. The highest BCUT2D eigenvalue weighted by Crippen LogP contribution is 2.38. The molecule has 0 saturated heterocycles. The van der Waals surface area contributed by atoms with Crippen molar-refractivity contribution in [3.05, 3.63) is 345 Å². The van der Waals surface area contributed by atoms with Gasteiger partial charge in [-0.25, -0.2) is 15.0 Å². The van der Waals surface area contributed by atoms with Crippen molar-refractivity contribution in [2.45, 2.75) is 56.2 Å². The molecule has 0 aliphatic carbocycles. The third-order valence-electron chi connectivity index (χ3n) is 13.9. The van der Waals surface area contributed by atoms with Gasteiger partial charge in [0.1, 0.15) is 5.60 Å². The van der Waals surface area contributed by atoms with E-state index in [1.54, 1.807) is 24.7 Å². The van der Waals surface area contributed by atoms with E-state index in [4.69, 9.17) is 34.8 Å². The molecule has 3 heterocycles. The van der Waals surface area contributed by atoms with Crippen LogP contribution in [-0.4, -0.2) is 34.2 Å². The second-order valence-corrected chi connectivity index (χ2v) is 20.5. The van der Waals surface area contributed by atoms with E-state index in [0.29, 0.717) is 33.8 Å². The molecule has 0 aliphatic rings. The Morgan fingerprint density at radius 2 is 1.01 bits per heavy atom. The van der Waals surface area contributed by atoms with E-state index in [0.717, 1.165) is 70.8 Å². The zero-order chi connectivity index (χ0) is 53.9. The van der Waals surface area contributed by atoms with Crippen molar-refractivity contribution in [1.29, 1.82) is 0 Å². The maximum atomic E-state index is 11.4. The van der Waals surface area contributed by atoms with E-state index in [1.807, 2.05) is 128 Å². The maximum Gasteiger partial charge on any atom is 0.115 e. The smallest absolute Gasteiger partial charge is 0.115 e. The zero-order valence-corrected chi connectivity index (χ0v) is 45.5. The van der Waals surface area contributed by atoms with Crippen LogP contribution in [0.1, 0.15) is 86.3 Å². The molecule has 0 radical (unpaired) electrons. The fourth-order valence-corrected chi connectivity index (χ4v) is 10.2. The summed E-state index contributed by atoms with van der Waals surface area (Å²) >= 11 is 18.2. The maximum absolute atomic E-state index is 11.4. The summed E-state index contributed by atoms with van der Waals surface area (Å²) in [5, 5.41) is 13.4. The summed E-state index contributed by atoms with van der Waals surface area (Å²) in [4.78, 5) is 16.1. The van der Waals surface area contributed by atoms with Crippen molar-refractivity contribution < 1.29 is 5.11 Å². The van der Waals surface area contributed by atoms with Crippen molar-refractivity contribution in [2.24, 2.45) is 0 Å². The number of hydrogen-bond acceptors (Lipinski definition) is 4. The number of halogens is 3. The molecule has 11 rings (SSSR count). The van der Waals surface area contributed by atoms with Crippen LogP contribution in [0.25, 0.3) is 5.57 Å². The van der Waals surface area contributed by atoms with Crippen LogP contribution in [0.2, 0.25) is 15.1 Å². The van der Waals surface area contributed by atoms with Gasteiger partial charge in [-0.3, -0.25) is 0 Å². The van der Waals surface area contributed by atoms with Crippen LogP contribution < -0.4 is 0 Å². The molecule has 1 atom stereocenters. The first-order chi connectivity index (χ1) is 38.2. The normalized spacial score (nSPS) is 11.8. The topological polar surface area (TPSA) is 84.5 Å². The number of aromatic amines is 1. The monoisotopic (exact) mass is 1080 g/mol. The molecule has 0 saturated carbocycles. The molecule has 0 bridgehead atoms. The number of H-pyrrole nitrogens is 1. The van der Waals surface area contributed by atoms with Gasteiger partial charge in [0, 0.05) is 58.1 Å². The number of rotatable bonds is 18. The Morgan fingerprint density at radius 1 is 0.526 bits per heavy atom. The lowest BCUT2D eigenvalue weighted by atomic mass is 9.82. The van der Waals surface area contributed by atoms with Crippen LogP contribution in [0.15, 0.2) is 269 Å². The summed E-state index contributed by atoms with van der Waals surface area (Å²) in [6.45, 7) is 6.08. The van der Waals surface area contributed by atoms with Crippen molar-refractivity contribution >= 4 is 40.4 Å². The standard InChI is InChI=1S/C25H20Cl2N2.C25H24N2.C18H17ClN2O/c1-18(24-15-28-17-29(24)16-19-5-3-2-4-6-19)25(20-7-11-22(26)12-8-20)21-9-13-23(27)14-10-21;1-4-10-21(11-5-1)18-27-19-24(26-20-27)16-17-25(22-12-6-2-7-13-22)23-14-8-3-9-15-23;19-16-8-6-15(7-9-16)18(22,14-4-2-1-3-5-14)11-10-17-12-20-13-21-17/h2-15,17,25H,1,16H2;1-15,19-20,25H,16-18H2;1-9,12-13,22H,10-11H2,(H,20,21). The molecule has 0 aliphatic heterocycles. The summed E-state index contributed by atoms with van der Waals surface area (Å²) < 4.78 is 4.31. The van der Waals surface area contributed by atoms with E-state index in [1.165, 1.54) is 22.3 Å². The summed E-state index contributed by atoms with van der Waals surface area (Å²) in [5.74, 6) is 0.363. The van der Waals surface area contributed by atoms with Crippen molar-refractivity contribution in [3.63, 3.8) is 0 Å². The van der Waals surface area contributed by atoms with Gasteiger partial charge in [0.2, 0.25) is 0 Å². The molecule has 3 aromatic heterocycles. The van der Waals surface area contributed by atoms with Gasteiger partial charge in [-0.2, -0.15) is 0 Å². The molecule has 2 N–H and O–H groups in total. The van der Waals surface area contributed by atoms with Crippen LogP contribution >= 0.6 is 34.8 Å². The van der Waals surface area contributed by atoms with Crippen molar-refractivity contribution in [1.82, 2.24) is 29.1 Å². The molecule has 0 spiro atoms. The SMILES string of the molecule is C=C(c1cncn1Cc1ccccc1)C(c1ccc(Cl)cc1)c1ccc(Cl)cc1.OC(CCc1cnc[nH]1)(c1ccccc1)c1ccc(Cl)cc1.c1ccc(Cn2cnc(CCC(c3ccccc3)c3ccccc3)c2)cc1. The van der Waals surface area contributed by atoms with E-state index < -0.39 is 5.60 Å². The predicted molar refractivity (Wildman–Crippen MR) is 320 cm³/mol. The molecule has 0 fully saturated rings. The first kappa shape index (κ1) is 54.7. The number of nitrogens with one attached hydrogen (secondary N) is 1. The van der Waals surface area contributed by atoms with Crippen LogP contribution in [0.4, 0.5) is 0 Å². The largest absolute Gasteiger partial charge is 0.380 e. The highest BCUT2D eigenvalue weighted by molar-refractivity contribution is 6.31. The Bertz CT molecular complexity index is 3420. The number of hydrogen-bond donors (Lipinski definition) is 2. The fourth-order valence-electron chi connectivity index (χ4n) is 9.78. The molecular formula is C68H61Cl3N6O. The minimum atomic E-state index is -1.06.